The van der Waals surface area contributed by atoms with Gasteiger partial charge in [-0.1, -0.05) is 32.6 Å². The Hall–Kier alpha value is -1.89. The first-order chi connectivity index (χ1) is 12.5. The Kier molecular flexibility index (Phi) is 5.96. The number of rotatable bonds is 6. The predicted molar refractivity (Wildman–Crippen MR) is 105 cm³/mol. The van der Waals surface area contributed by atoms with Crippen LogP contribution in [0.2, 0.25) is 0 Å². The van der Waals surface area contributed by atoms with Gasteiger partial charge >= 0.3 is 5.69 Å². The zero-order chi connectivity index (χ0) is 18.7. The minimum Gasteiger partial charge on any atom is -0.352 e. The highest BCUT2D eigenvalue weighted by Gasteiger charge is 2.20. The molecule has 0 spiro atoms. The third-order valence-electron chi connectivity index (χ3n) is 5.13. The van der Waals surface area contributed by atoms with E-state index in [2.05, 4.69) is 12.2 Å². The average Bonchev–Trinajstić information content (AvgIpc) is 3.01. The molecule has 0 unspecified atom stereocenters. The predicted octanol–water partition coefficient (Wildman–Crippen LogP) is 2.78. The number of aromatic nitrogens is 2. The zero-order valence-corrected chi connectivity index (χ0v) is 16.4. The molecule has 0 radical (unpaired) electrons. The number of carbonyl (C=O) groups excluding carboxylic acids is 1. The van der Waals surface area contributed by atoms with Gasteiger partial charge in [0.05, 0.1) is 5.39 Å². The number of hydrogen-bond donors (Lipinski definition) is 1. The summed E-state index contributed by atoms with van der Waals surface area (Å²) in [6.45, 7) is 4.30. The van der Waals surface area contributed by atoms with E-state index in [1.807, 2.05) is 12.3 Å². The van der Waals surface area contributed by atoms with Gasteiger partial charge in [-0.25, -0.2) is 4.79 Å². The van der Waals surface area contributed by atoms with Crippen LogP contribution in [0.1, 0.15) is 57.4 Å². The Morgan fingerprint density at radius 3 is 2.65 bits per heavy atom. The lowest BCUT2D eigenvalue weighted by Crippen LogP contribution is -2.45. The van der Waals surface area contributed by atoms with Crippen molar-refractivity contribution >= 4 is 27.5 Å². The van der Waals surface area contributed by atoms with E-state index in [4.69, 9.17) is 0 Å². The minimum atomic E-state index is -0.378. The number of nitrogens with one attached hydrogen (secondary N) is 1. The molecule has 3 rings (SSSR count). The van der Waals surface area contributed by atoms with Gasteiger partial charge in [-0.2, -0.15) is 0 Å². The van der Waals surface area contributed by atoms with Crippen molar-refractivity contribution in [2.75, 3.05) is 0 Å². The summed E-state index contributed by atoms with van der Waals surface area (Å²) in [5.74, 6) is -0.245. The molecule has 0 aliphatic heterocycles. The lowest BCUT2D eigenvalue weighted by molar-refractivity contribution is -0.122. The number of thiophene rings is 1. The molecule has 2 heterocycles. The Morgan fingerprint density at radius 1 is 1.23 bits per heavy atom. The maximum absolute atomic E-state index is 12.9. The smallest absolute Gasteiger partial charge is 0.332 e. The van der Waals surface area contributed by atoms with Crippen LogP contribution in [0.3, 0.4) is 0 Å². The zero-order valence-electron chi connectivity index (χ0n) is 15.5. The third kappa shape index (κ3) is 3.77. The van der Waals surface area contributed by atoms with E-state index in [9.17, 15) is 14.4 Å². The van der Waals surface area contributed by atoms with Crippen LogP contribution in [0.4, 0.5) is 0 Å². The molecule has 1 fully saturated rings. The van der Waals surface area contributed by atoms with Crippen LogP contribution in [0, 0.1) is 6.92 Å². The maximum atomic E-state index is 12.9. The van der Waals surface area contributed by atoms with E-state index in [1.165, 1.54) is 17.8 Å². The fourth-order valence-electron chi connectivity index (χ4n) is 3.66. The minimum absolute atomic E-state index is 0.167. The molecule has 1 aliphatic rings. The van der Waals surface area contributed by atoms with Crippen LogP contribution >= 0.6 is 11.3 Å². The summed E-state index contributed by atoms with van der Waals surface area (Å²) >= 11 is 1.42. The fraction of sp³-hybridized carbons (Fsp3) is 0.632. The Labute approximate surface area is 156 Å². The van der Waals surface area contributed by atoms with Crippen molar-refractivity contribution in [3.05, 3.63) is 31.8 Å². The van der Waals surface area contributed by atoms with Crippen molar-refractivity contribution in [3.63, 3.8) is 0 Å². The van der Waals surface area contributed by atoms with Crippen molar-refractivity contribution in [3.8, 4) is 0 Å². The second kappa shape index (κ2) is 8.20. The summed E-state index contributed by atoms with van der Waals surface area (Å²) in [6, 6.07) is 0.167. The topological polar surface area (TPSA) is 73.1 Å². The number of aryl methyl sites for hydroxylation is 2. The van der Waals surface area contributed by atoms with Gasteiger partial charge in [-0.15, -0.1) is 11.3 Å². The van der Waals surface area contributed by atoms with Gasteiger partial charge in [-0.05, 0) is 37.1 Å². The second-order valence-electron chi connectivity index (χ2n) is 7.18. The average molecular weight is 378 g/mol. The molecule has 142 valence electrons. The van der Waals surface area contributed by atoms with E-state index in [0.29, 0.717) is 11.9 Å². The van der Waals surface area contributed by atoms with Crippen molar-refractivity contribution in [2.45, 2.75) is 77.9 Å². The molecule has 0 saturated heterocycles. The highest BCUT2D eigenvalue weighted by Crippen LogP contribution is 2.21. The molecule has 1 saturated carbocycles. The molecule has 1 aliphatic carbocycles. The van der Waals surface area contributed by atoms with Crippen molar-refractivity contribution in [2.24, 2.45) is 0 Å². The van der Waals surface area contributed by atoms with Crippen molar-refractivity contribution < 1.29 is 4.79 Å². The van der Waals surface area contributed by atoms with Crippen LogP contribution in [0.25, 0.3) is 10.2 Å². The molecule has 26 heavy (non-hydrogen) atoms. The molecule has 1 amide bonds. The second-order valence-corrected chi connectivity index (χ2v) is 8.04. The fourth-order valence-corrected chi connectivity index (χ4v) is 4.73. The summed E-state index contributed by atoms with van der Waals surface area (Å²) in [4.78, 5) is 38.9. The van der Waals surface area contributed by atoms with Gasteiger partial charge < -0.3 is 5.32 Å². The molecule has 2 aromatic heterocycles. The lowest BCUT2D eigenvalue weighted by atomic mass is 9.95. The van der Waals surface area contributed by atoms with Gasteiger partial charge in [0.1, 0.15) is 11.4 Å². The standard InChI is InChI=1S/C19H27N3O3S/c1-3-4-10-21-18-16(13(2)12-26-18)17(24)22(19(21)25)11-15(23)20-14-8-6-5-7-9-14/h12,14H,3-11H2,1-2H3,(H,20,23). The first-order valence-corrected chi connectivity index (χ1v) is 10.4. The number of hydrogen-bond acceptors (Lipinski definition) is 4. The maximum Gasteiger partial charge on any atom is 0.332 e. The third-order valence-corrected chi connectivity index (χ3v) is 6.25. The quantitative estimate of drug-likeness (QED) is 0.841. The highest BCUT2D eigenvalue weighted by molar-refractivity contribution is 7.17. The molecule has 2 aromatic rings. The number of nitrogens with zero attached hydrogens (tertiary/aromatic N) is 2. The van der Waals surface area contributed by atoms with Crippen LogP contribution < -0.4 is 16.6 Å². The summed E-state index contributed by atoms with van der Waals surface area (Å²) in [6.07, 6.45) is 7.22. The number of amides is 1. The van der Waals surface area contributed by atoms with Crippen LogP contribution in [0.15, 0.2) is 15.0 Å². The van der Waals surface area contributed by atoms with Gasteiger partial charge in [-0.3, -0.25) is 18.7 Å². The molecule has 1 N–H and O–H groups in total. The van der Waals surface area contributed by atoms with Crippen LogP contribution in [-0.2, 0) is 17.9 Å². The molecule has 0 atom stereocenters. The number of unbranched alkanes of at least 4 members (excludes halogenated alkanes) is 1. The molecule has 0 aromatic carbocycles. The van der Waals surface area contributed by atoms with E-state index in [-0.39, 0.29) is 29.7 Å². The largest absolute Gasteiger partial charge is 0.352 e. The lowest BCUT2D eigenvalue weighted by Gasteiger charge is -2.23. The summed E-state index contributed by atoms with van der Waals surface area (Å²) in [5, 5.41) is 5.47. The molecular formula is C19H27N3O3S. The van der Waals surface area contributed by atoms with Gasteiger partial charge in [0, 0.05) is 12.6 Å². The van der Waals surface area contributed by atoms with Crippen molar-refractivity contribution in [1.29, 1.82) is 0 Å². The number of carbonyl (C=O) groups is 1. The molecule has 6 nitrogen and oxygen atoms in total. The van der Waals surface area contributed by atoms with E-state index >= 15 is 0 Å². The van der Waals surface area contributed by atoms with Gasteiger partial charge in [0.2, 0.25) is 5.91 Å². The van der Waals surface area contributed by atoms with Gasteiger partial charge in [0.15, 0.2) is 0 Å². The Bertz CT molecular complexity index is 903. The molecular weight excluding hydrogens is 350 g/mol. The number of fused-ring (bicyclic) bond motifs is 1. The normalized spacial score (nSPS) is 15.5. The van der Waals surface area contributed by atoms with Crippen LogP contribution in [-0.4, -0.2) is 21.1 Å². The van der Waals surface area contributed by atoms with Crippen LogP contribution in [0.5, 0.6) is 0 Å². The SMILES string of the molecule is CCCCn1c(=O)n(CC(=O)NC2CCCCC2)c(=O)c2c(C)csc21. The molecule has 7 heteroatoms. The summed E-state index contributed by atoms with van der Waals surface area (Å²) in [5.41, 5.74) is 0.133. The summed E-state index contributed by atoms with van der Waals surface area (Å²) < 4.78 is 2.77. The van der Waals surface area contributed by atoms with E-state index in [1.54, 1.807) is 4.57 Å². The first kappa shape index (κ1) is 18.9. The van der Waals surface area contributed by atoms with Crippen molar-refractivity contribution in [1.82, 2.24) is 14.5 Å². The van der Waals surface area contributed by atoms with E-state index in [0.717, 1.165) is 53.5 Å². The summed E-state index contributed by atoms with van der Waals surface area (Å²) in [7, 11) is 0. The molecule has 0 bridgehead atoms. The monoisotopic (exact) mass is 377 g/mol. The highest BCUT2D eigenvalue weighted by atomic mass is 32.1. The first-order valence-electron chi connectivity index (χ1n) is 9.53. The van der Waals surface area contributed by atoms with E-state index < -0.39 is 0 Å². The Morgan fingerprint density at radius 2 is 1.96 bits per heavy atom. The Balaban J connectivity index is 1.94. The van der Waals surface area contributed by atoms with Gasteiger partial charge in [0.25, 0.3) is 5.56 Å².